The van der Waals surface area contributed by atoms with Crippen LogP contribution in [-0.4, -0.2) is 29.9 Å². The molecule has 8 nitrogen and oxygen atoms in total. The van der Waals surface area contributed by atoms with Gasteiger partial charge in [-0.2, -0.15) is 0 Å². The molecule has 1 aromatic rings. The van der Waals surface area contributed by atoms with E-state index in [0.29, 0.717) is 0 Å². The van der Waals surface area contributed by atoms with Crippen molar-refractivity contribution in [2.24, 2.45) is 0 Å². The third-order valence-corrected chi connectivity index (χ3v) is 3.59. The van der Waals surface area contributed by atoms with E-state index in [4.69, 9.17) is 10.7 Å². The summed E-state index contributed by atoms with van der Waals surface area (Å²) >= 11 is 0. The van der Waals surface area contributed by atoms with Gasteiger partial charge in [-0.05, 0) is 13.8 Å². The van der Waals surface area contributed by atoms with Crippen molar-refractivity contribution in [1.82, 2.24) is 14.9 Å². The van der Waals surface area contributed by atoms with Crippen molar-refractivity contribution < 1.29 is 13.2 Å². The quantitative estimate of drug-likeness (QED) is 0.700. The molecule has 1 heterocycles. The molecule has 10 heteroatoms. The van der Waals surface area contributed by atoms with E-state index in [0.717, 1.165) is 10.8 Å². The van der Waals surface area contributed by atoms with Crippen LogP contribution in [0.5, 0.6) is 0 Å². The summed E-state index contributed by atoms with van der Waals surface area (Å²) in [5, 5.41) is 2.62. The lowest BCUT2D eigenvalue weighted by atomic mass is 10.3. The predicted octanol–water partition coefficient (Wildman–Crippen LogP) is -0.621. The van der Waals surface area contributed by atoms with Gasteiger partial charge in [0.15, 0.2) is 4.90 Å². The van der Waals surface area contributed by atoms with Crippen LogP contribution in [0, 0.1) is 0 Å². The standard InChI is InChI=1S/C10H14ClN3O5S/c1-6(2)12-8(15)3-4-14-5-7(20(11,18)19)9(16)13-10(14)17/h5-6H,3-4H2,1-2H3,(H,12,15)(H,13,16,17). The number of hydrogen-bond acceptors (Lipinski definition) is 5. The fourth-order valence-electron chi connectivity index (χ4n) is 1.45. The van der Waals surface area contributed by atoms with Crippen molar-refractivity contribution >= 4 is 25.6 Å². The van der Waals surface area contributed by atoms with E-state index in [1.807, 2.05) is 4.98 Å². The number of amides is 1. The van der Waals surface area contributed by atoms with E-state index in [1.165, 1.54) is 0 Å². The van der Waals surface area contributed by atoms with Gasteiger partial charge in [0.1, 0.15) is 0 Å². The molecule has 20 heavy (non-hydrogen) atoms. The van der Waals surface area contributed by atoms with Crippen molar-refractivity contribution in [2.45, 2.75) is 37.8 Å². The first-order chi connectivity index (χ1) is 9.11. The Hall–Kier alpha value is -1.61. The molecular formula is C10H14ClN3O5S. The van der Waals surface area contributed by atoms with Crippen LogP contribution in [0.25, 0.3) is 0 Å². The minimum absolute atomic E-state index is 0.0358. The molecule has 112 valence electrons. The molecule has 0 unspecified atom stereocenters. The SMILES string of the molecule is CC(C)NC(=O)CCn1cc(S(=O)(=O)Cl)c(=O)[nH]c1=O. The number of carbonyl (C=O) groups is 1. The molecule has 2 N–H and O–H groups in total. The summed E-state index contributed by atoms with van der Waals surface area (Å²) in [6.07, 6.45) is 0.790. The summed E-state index contributed by atoms with van der Waals surface area (Å²) in [4.78, 5) is 35.3. The normalized spacial score (nSPS) is 11.6. The highest BCUT2D eigenvalue weighted by molar-refractivity contribution is 8.13. The summed E-state index contributed by atoms with van der Waals surface area (Å²) < 4.78 is 23.2. The Kier molecular flexibility index (Phi) is 5.12. The van der Waals surface area contributed by atoms with Crippen LogP contribution in [0.1, 0.15) is 20.3 Å². The molecule has 0 aliphatic carbocycles. The Balaban J connectivity index is 3.00. The Morgan fingerprint density at radius 3 is 2.55 bits per heavy atom. The Morgan fingerprint density at radius 2 is 2.05 bits per heavy atom. The van der Waals surface area contributed by atoms with Crippen molar-refractivity contribution in [1.29, 1.82) is 0 Å². The van der Waals surface area contributed by atoms with E-state index in [1.54, 1.807) is 13.8 Å². The average Bonchev–Trinajstić information content (AvgIpc) is 2.24. The van der Waals surface area contributed by atoms with Crippen molar-refractivity contribution in [3.63, 3.8) is 0 Å². The maximum Gasteiger partial charge on any atom is 0.328 e. The number of nitrogens with one attached hydrogen (secondary N) is 2. The fraction of sp³-hybridized carbons (Fsp3) is 0.500. The summed E-state index contributed by atoms with van der Waals surface area (Å²) in [5.74, 6) is -0.298. The monoisotopic (exact) mass is 323 g/mol. The number of aromatic nitrogens is 2. The van der Waals surface area contributed by atoms with Gasteiger partial charge >= 0.3 is 5.69 Å². The van der Waals surface area contributed by atoms with Crippen LogP contribution in [0.3, 0.4) is 0 Å². The molecular weight excluding hydrogens is 310 g/mol. The van der Waals surface area contributed by atoms with Crippen molar-refractivity contribution in [3.05, 3.63) is 27.0 Å². The van der Waals surface area contributed by atoms with Gasteiger partial charge in [-0.3, -0.25) is 19.1 Å². The zero-order valence-electron chi connectivity index (χ0n) is 10.8. The average molecular weight is 324 g/mol. The number of rotatable bonds is 5. The molecule has 0 aliphatic rings. The summed E-state index contributed by atoms with van der Waals surface area (Å²) in [6, 6.07) is -0.0476. The van der Waals surface area contributed by atoms with Crippen LogP contribution >= 0.6 is 10.7 Å². The number of aryl methyl sites for hydroxylation is 1. The van der Waals surface area contributed by atoms with E-state index in [9.17, 15) is 22.8 Å². The van der Waals surface area contributed by atoms with Gasteiger partial charge in [-0.1, -0.05) is 0 Å². The number of aromatic amines is 1. The largest absolute Gasteiger partial charge is 0.354 e. The van der Waals surface area contributed by atoms with E-state index < -0.39 is 25.2 Å². The Bertz CT molecular complexity index is 719. The molecule has 0 aliphatic heterocycles. The molecule has 1 aromatic heterocycles. The molecule has 0 aromatic carbocycles. The van der Waals surface area contributed by atoms with E-state index in [2.05, 4.69) is 5.32 Å². The molecule has 0 bridgehead atoms. The second-order valence-electron chi connectivity index (χ2n) is 4.36. The fourth-order valence-corrected chi connectivity index (χ4v) is 2.30. The lowest BCUT2D eigenvalue weighted by molar-refractivity contribution is -0.121. The third kappa shape index (κ3) is 4.49. The maximum atomic E-state index is 11.5. The number of hydrogen-bond donors (Lipinski definition) is 2. The predicted molar refractivity (Wildman–Crippen MR) is 72.3 cm³/mol. The van der Waals surface area contributed by atoms with Crippen LogP contribution in [-0.2, 0) is 20.4 Å². The van der Waals surface area contributed by atoms with Gasteiger partial charge in [-0.25, -0.2) is 13.2 Å². The Labute approximate surface area is 119 Å². The van der Waals surface area contributed by atoms with Gasteiger partial charge in [-0.15, -0.1) is 0 Å². The molecule has 0 atom stereocenters. The topological polar surface area (TPSA) is 118 Å². The molecule has 1 rings (SSSR count). The first kappa shape index (κ1) is 16.4. The molecule has 0 saturated heterocycles. The second-order valence-corrected chi connectivity index (χ2v) is 6.89. The number of carbonyl (C=O) groups excluding carboxylic acids is 1. The number of halogens is 1. The maximum absolute atomic E-state index is 11.5. The Morgan fingerprint density at radius 1 is 1.45 bits per heavy atom. The van der Waals surface area contributed by atoms with Crippen LogP contribution in [0.4, 0.5) is 0 Å². The van der Waals surface area contributed by atoms with Crippen LogP contribution < -0.4 is 16.6 Å². The first-order valence-corrected chi connectivity index (χ1v) is 8.00. The van der Waals surface area contributed by atoms with Crippen LogP contribution in [0.2, 0.25) is 0 Å². The summed E-state index contributed by atoms with van der Waals surface area (Å²) in [5.41, 5.74) is -1.90. The molecule has 0 spiro atoms. The van der Waals surface area contributed by atoms with Gasteiger partial charge < -0.3 is 5.32 Å². The number of nitrogens with zero attached hydrogens (tertiary/aromatic N) is 1. The summed E-state index contributed by atoms with van der Waals surface area (Å²) in [7, 11) is 0.815. The van der Waals surface area contributed by atoms with Gasteiger partial charge in [0.05, 0.1) is 0 Å². The number of H-pyrrole nitrogens is 1. The zero-order chi connectivity index (χ0) is 15.5. The minimum Gasteiger partial charge on any atom is -0.354 e. The van der Waals surface area contributed by atoms with E-state index in [-0.39, 0.29) is 24.9 Å². The van der Waals surface area contributed by atoms with Gasteiger partial charge in [0, 0.05) is 35.9 Å². The molecule has 1 amide bonds. The lowest BCUT2D eigenvalue weighted by Gasteiger charge is -2.09. The molecule has 0 radical (unpaired) electrons. The second kappa shape index (κ2) is 6.23. The highest BCUT2D eigenvalue weighted by Crippen LogP contribution is 2.07. The highest BCUT2D eigenvalue weighted by atomic mass is 35.7. The smallest absolute Gasteiger partial charge is 0.328 e. The molecule has 0 saturated carbocycles. The highest BCUT2D eigenvalue weighted by Gasteiger charge is 2.17. The lowest BCUT2D eigenvalue weighted by Crippen LogP contribution is -2.35. The van der Waals surface area contributed by atoms with Gasteiger partial charge in [0.25, 0.3) is 14.6 Å². The first-order valence-electron chi connectivity index (χ1n) is 5.69. The van der Waals surface area contributed by atoms with E-state index >= 15 is 0 Å². The third-order valence-electron chi connectivity index (χ3n) is 2.27. The zero-order valence-corrected chi connectivity index (χ0v) is 12.4. The van der Waals surface area contributed by atoms with Crippen molar-refractivity contribution in [2.75, 3.05) is 0 Å². The molecule has 0 fully saturated rings. The van der Waals surface area contributed by atoms with Gasteiger partial charge in [0.2, 0.25) is 5.91 Å². The minimum atomic E-state index is -4.26. The van der Waals surface area contributed by atoms with Crippen molar-refractivity contribution in [3.8, 4) is 0 Å². The summed E-state index contributed by atoms with van der Waals surface area (Å²) in [6.45, 7) is 3.48. The van der Waals surface area contributed by atoms with Crippen LogP contribution in [0.15, 0.2) is 20.7 Å².